The van der Waals surface area contributed by atoms with E-state index < -0.39 is 12.0 Å². The molecule has 0 saturated carbocycles. The summed E-state index contributed by atoms with van der Waals surface area (Å²) in [7, 11) is 0. The molecule has 4 N–H and O–H groups in total. The van der Waals surface area contributed by atoms with Crippen LogP contribution >= 0.6 is 0 Å². The van der Waals surface area contributed by atoms with Gasteiger partial charge in [-0.1, -0.05) is 6.07 Å². The van der Waals surface area contributed by atoms with Crippen LogP contribution in [0.3, 0.4) is 0 Å². The average Bonchev–Trinajstić information content (AvgIpc) is 2.56. The van der Waals surface area contributed by atoms with Crippen molar-refractivity contribution in [2.75, 3.05) is 13.2 Å². The van der Waals surface area contributed by atoms with Crippen molar-refractivity contribution in [2.24, 2.45) is 5.73 Å². The number of rotatable bonds is 7. The summed E-state index contributed by atoms with van der Waals surface area (Å²) >= 11 is 0. The zero-order valence-electron chi connectivity index (χ0n) is 12.8. The minimum absolute atomic E-state index is 0.00470. The largest absolute Gasteiger partial charge is 0.504 e. The fourth-order valence-corrected chi connectivity index (χ4v) is 1.97. The van der Waals surface area contributed by atoms with E-state index in [4.69, 9.17) is 15.2 Å². The molecule has 6 nitrogen and oxygen atoms in total. The standard InChI is InChI=1S/C17H18FNO5/c18-12-2-4-13(5-3-12)23-7-8-24-17(22)14(19)9-11-1-6-15(20)16(21)10-11/h1-6,10,14,20-21H,7-9,19H2/t14-/m0/s1. The second-order valence-corrected chi connectivity index (χ2v) is 5.10. The number of halogens is 1. The Bertz CT molecular complexity index is 690. The molecule has 0 fully saturated rings. The zero-order valence-corrected chi connectivity index (χ0v) is 12.8. The van der Waals surface area contributed by atoms with E-state index >= 15 is 0 Å². The highest BCUT2D eigenvalue weighted by molar-refractivity contribution is 5.75. The summed E-state index contributed by atoms with van der Waals surface area (Å²) in [6, 6.07) is 8.79. The van der Waals surface area contributed by atoms with Crippen molar-refractivity contribution >= 4 is 5.97 Å². The Morgan fingerprint density at radius 1 is 1.08 bits per heavy atom. The van der Waals surface area contributed by atoms with Gasteiger partial charge in [0.2, 0.25) is 0 Å². The molecule has 0 amide bonds. The van der Waals surface area contributed by atoms with Crippen LogP contribution in [0.25, 0.3) is 0 Å². The highest BCUT2D eigenvalue weighted by Crippen LogP contribution is 2.25. The summed E-state index contributed by atoms with van der Waals surface area (Å²) < 4.78 is 23.0. The van der Waals surface area contributed by atoms with E-state index in [1.54, 1.807) is 6.07 Å². The summed E-state index contributed by atoms with van der Waals surface area (Å²) in [6.07, 6.45) is 0.158. The molecule has 2 aromatic rings. The Hall–Kier alpha value is -2.80. The lowest BCUT2D eigenvalue weighted by molar-refractivity contribution is -0.145. The first kappa shape index (κ1) is 17.6. The number of benzene rings is 2. The molecule has 0 aromatic heterocycles. The SMILES string of the molecule is N[C@@H](Cc1ccc(O)c(O)c1)C(=O)OCCOc1ccc(F)cc1. The monoisotopic (exact) mass is 335 g/mol. The third-order valence-corrected chi connectivity index (χ3v) is 3.21. The highest BCUT2D eigenvalue weighted by atomic mass is 19.1. The van der Waals surface area contributed by atoms with E-state index in [-0.39, 0.29) is 37.0 Å². The molecule has 0 heterocycles. The number of ether oxygens (including phenoxy) is 2. The maximum absolute atomic E-state index is 12.7. The quantitative estimate of drug-likeness (QED) is 0.405. The number of aromatic hydroxyl groups is 2. The van der Waals surface area contributed by atoms with Gasteiger partial charge in [0.25, 0.3) is 0 Å². The molecule has 0 radical (unpaired) electrons. The molecular weight excluding hydrogens is 317 g/mol. The number of carbonyl (C=O) groups excluding carboxylic acids is 1. The molecule has 0 aliphatic carbocycles. The number of hydrogen-bond donors (Lipinski definition) is 3. The highest BCUT2D eigenvalue weighted by Gasteiger charge is 2.16. The van der Waals surface area contributed by atoms with Gasteiger partial charge in [-0.25, -0.2) is 4.39 Å². The van der Waals surface area contributed by atoms with Crippen LogP contribution in [0.4, 0.5) is 4.39 Å². The smallest absolute Gasteiger partial charge is 0.323 e. The number of hydrogen-bond acceptors (Lipinski definition) is 6. The molecule has 0 unspecified atom stereocenters. The molecule has 0 aliphatic heterocycles. The van der Waals surface area contributed by atoms with Gasteiger partial charge in [-0.15, -0.1) is 0 Å². The minimum Gasteiger partial charge on any atom is -0.504 e. The van der Waals surface area contributed by atoms with Crippen LogP contribution in [-0.4, -0.2) is 35.4 Å². The Labute approximate surface area is 138 Å². The van der Waals surface area contributed by atoms with Gasteiger partial charge in [-0.2, -0.15) is 0 Å². The van der Waals surface area contributed by atoms with Crippen LogP contribution in [-0.2, 0) is 16.0 Å². The van der Waals surface area contributed by atoms with Gasteiger partial charge in [0.1, 0.15) is 30.8 Å². The van der Waals surface area contributed by atoms with Crippen LogP contribution in [0.2, 0.25) is 0 Å². The van der Waals surface area contributed by atoms with Crippen molar-refractivity contribution in [1.82, 2.24) is 0 Å². The van der Waals surface area contributed by atoms with Gasteiger partial charge >= 0.3 is 5.97 Å². The first-order valence-corrected chi connectivity index (χ1v) is 7.27. The molecule has 7 heteroatoms. The second-order valence-electron chi connectivity index (χ2n) is 5.10. The predicted molar refractivity (Wildman–Crippen MR) is 84.3 cm³/mol. The number of nitrogens with two attached hydrogens (primary N) is 1. The van der Waals surface area contributed by atoms with Crippen molar-refractivity contribution in [3.8, 4) is 17.2 Å². The van der Waals surface area contributed by atoms with Gasteiger partial charge in [0.05, 0.1) is 0 Å². The summed E-state index contributed by atoms with van der Waals surface area (Å²) in [5.74, 6) is -1.02. The van der Waals surface area contributed by atoms with Crippen LogP contribution in [0.5, 0.6) is 17.2 Å². The number of carbonyl (C=O) groups is 1. The van der Waals surface area contributed by atoms with Crippen molar-refractivity contribution < 1.29 is 28.9 Å². The number of phenols is 2. The molecule has 0 bridgehead atoms. The van der Waals surface area contributed by atoms with Crippen molar-refractivity contribution in [1.29, 1.82) is 0 Å². The zero-order chi connectivity index (χ0) is 17.5. The van der Waals surface area contributed by atoms with E-state index in [9.17, 15) is 19.4 Å². The predicted octanol–water partition coefficient (Wildman–Crippen LogP) is 1.73. The van der Waals surface area contributed by atoms with E-state index in [1.165, 1.54) is 36.4 Å². The molecule has 2 aromatic carbocycles. The van der Waals surface area contributed by atoms with Crippen LogP contribution in [0.15, 0.2) is 42.5 Å². The molecular formula is C17H18FNO5. The van der Waals surface area contributed by atoms with Crippen molar-refractivity contribution in [3.63, 3.8) is 0 Å². The molecule has 0 spiro atoms. The number of esters is 1. The minimum atomic E-state index is -0.903. The van der Waals surface area contributed by atoms with Gasteiger partial charge in [-0.3, -0.25) is 4.79 Å². The topological polar surface area (TPSA) is 102 Å². The molecule has 0 saturated heterocycles. The Morgan fingerprint density at radius 2 is 1.79 bits per heavy atom. The van der Waals surface area contributed by atoms with E-state index in [2.05, 4.69) is 0 Å². The fourth-order valence-electron chi connectivity index (χ4n) is 1.97. The summed E-state index contributed by atoms with van der Waals surface area (Å²) in [5, 5.41) is 18.6. The van der Waals surface area contributed by atoms with E-state index in [1.807, 2.05) is 0 Å². The van der Waals surface area contributed by atoms with E-state index in [0.29, 0.717) is 11.3 Å². The molecule has 2 rings (SSSR count). The molecule has 24 heavy (non-hydrogen) atoms. The van der Waals surface area contributed by atoms with Gasteiger partial charge in [-0.05, 0) is 48.4 Å². The lowest BCUT2D eigenvalue weighted by Gasteiger charge is -2.12. The first-order chi connectivity index (χ1) is 11.5. The summed E-state index contributed by atoms with van der Waals surface area (Å²) in [5.41, 5.74) is 6.34. The molecule has 0 aliphatic rings. The van der Waals surface area contributed by atoms with Crippen LogP contribution < -0.4 is 10.5 Å². The summed E-state index contributed by atoms with van der Waals surface area (Å²) in [4.78, 5) is 11.8. The lowest BCUT2D eigenvalue weighted by Crippen LogP contribution is -2.35. The Balaban J connectivity index is 1.73. The molecule has 1 atom stereocenters. The normalized spacial score (nSPS) is 11.8. The van der Waals surface area contributed by atoms with Gasteiger partial charge < -0.3 is 25.4 Å². The maximum Gasteiger partial charge on any atom is 0.323 e. The van der Waals surface area contributed by atoms with Crippen LogP contribution in [0.1, 0.15) is 5.56 Å². The lowest BCUT2D eigenvalue weighted by atomic mass is 10.1. The van der Waals surface area contributed by atoms with Gasteiger partial charge in [0.15, 0.2) is 11.5 Å². The Kier molecular flexibility index (Phi) is 5.97. The first-order valence-electron chi connectivity index (χ1n) is 7.27. The number of phenolic OH excluding ortho intramolecular Hbond substituents is 2. The van der Waals surface area contributed by atoms with Crippen molar-refractivity contribution in [3.05, 3.63) is 53.8 Å². The van der Waals surface area contributed by atoms with Crippen LogP contribution in [0, 0.1) is 5.82 Å². The van der Waals surface area contributed by atoms with E-state index in [0.717, 1.165) is 0 Å². The third kappa shape index (κ3) is 5.13. The molecule has 128 valence electrons. The maximum atomic E-state index is 12.7. The summed E-state index contributed by atoms with van der Waals surface area (Å²) in [6.45, 7) is 0.120. The third-order valence-electron chi connectivity index (χ3n) is 3.21. The van der Waals surface area contributed by atoms with Gasteiger partial charge in [0, 0.05) is 0 Å². The second kappa shape index (κ2) is 8.16. The van der Waals surface area contributed by atoms with Crippen molar-refractivity contribution in [2.45, 2.75) is 12.5 Å². The fraction of sp³-hybridized carbons (Fsp3) is 0.235. The average molecular weight is 335 g/mol. The Morgan fingerprint density at radius 3 is 2.46 bits per heavy atom.